The minimum Gasteiger partial charge on any atom is -0.507 e. The first-order chi connectivity index (χ1) is 13.1. The Morgan fingerprint density at radius 3 is 2.36 bits per heavy atom. The van der Waals surface area contributed by atoms with E-state index in [2.05, 4.69) is 0 Å². The maximum atomic E-state index is 10.3. The highest BCUT2D eigenvalue weighted by molar-refractivity contribution is 5.58. The largest absolute Gasteiger partial charge is 0.507 e. The Labute approximate surface area is 164 Å². The number of fused-ring (bicyclic) bond motifs is 1. The van der Waals surface area contributed by atoms with E-state index in [9.17, 15) is 25.5 Å². The van der Waals surface area contributed by atoms with Crippen molar-refractivity contribution in [1.29, 1.82) is 0 Å². The summed E-state index contributed by atoms with van der Waals surface area (Å²) in [4.78, 5) is 0. The van der Waals surface area contributed by atoms with Crippen LogP contribution in [0.3, 0.4) is 0 Å². The first-order valence-corrected chi connectivity index (χ1v) is 9.52. The maximum absolute atomic E-state index is 10.3. The van der Waals surface area contributed by atoms with Crippen LogP contribution in [0.15, 0.2) is 0 Å². The molecule has 6 atom stereocenters. The Morgan fingerprint density at radius 2 is 1.71 bits per heavy atom. The highest BCUT2D eigenvalue weighted by Gasteiger charge is 2.45. The van der Waals surface area contributed by atoms with E-state index in [0.29, 0.717) is 18.6 Å². The third-order valence-electron chi connectivity index (χ3n) is 5.99. The molecule has 0 bridgehead atoms. The van der Waals surface area contributed by atoms with Crippen molar-refractivity contribution in [2.75, 3.05) is 13.2 Å². The highest BCUT2D eigenvalue weighted by atomic mass is 16.7. The van der Waals surface area contributed by atoms with Crippen LogP contribution in [0.1, 0.15) is 35.6 Å². The second-order valence-electron chi connectivity index (χ2n) is 8.09. The Hall–Kier alpha value is -1.42. The van der Waals surface area contributed by atoms with Gasteiger partial charge in [-0.25, -0.2) is 0 Å². The number of ether oxygens (including phenoxy) is 3. The zero-order valence-corrected chi connectivity index (χ0v) is 16.7. The number of aliphatic hydroxyl groups excluding tert-OH is 4. The minimum atomic E-state index is -1.48. The van der Waals surface area contributed by atoms with Crippen LogP contribution in [0.5, 0.6) is 11.5 Å². The number of hydrogen-bond acceptors (Lipinski definition) is 8. The molecule has 1 aromatic carbocycles. The first-order valence-electron chi connectivity index (χ1n) is 9.52. The third-order valence-corrected chi connectivity index (χ3v) is 5.99. The maximum Gasteiger partial charge on any atom is 0.186 e. The van der Waals surface area contributed by atoms with Crippen molar-refractivity contribution in [2.24, 2.45) is 0 Å². The van der Waals surface area contributed by atoms with E-state index in [1.54, 1.807) is 0 Å². The molecule has 0 spiro atoms. The molecule has 3 rings (SSSR count). The lowest BCUT2D eigenvalue weighted by atomic mass is 9.87. The molecular weight excluding hydrogens is 368 g/mol. The van der Waals surface area contributed by atoms with Gasteiger partial charge < -0.3 is 39.7 Å². The summed E-state index contributed by atoms with van der Waals surface area (Å²) in [7, 11) is 0. The molecule has 8 nitrogen and oxygen atoms in total. The molecule has 158 valence electrons. The van der Waals surface area contributed by atoms with E-state index in [1.165, 1.54) is 0 Å². The second kappa shape index (κ2) is 7.78. The Bertz CT molecular complexity index is 734. The van der Waals surface area contributed by atoms with Gasteiger partial charge >= 0.3 is 0 Å². The van der Waals surface area contributed by atoms with Crippen molar-refractivity contribution in [3.05, 3.63) is 22.3 Å². The number of phenols is 1. The van der Waals surface area contributed by atoms with Gasteiger partial charge in [-0.15, -0.1) is 0 Å². The topological polar surface area (TPSA) is 129 Å². The van der Waals surface area contributed by atoms with Crippen molar-refractivity contribution in [3.8, 4) is 11.5 Å². The Morgan fingerprint density at radius 1 is 1.04 bits per heavy atom. The molecule has 0 aromatic heterocycles. The fourth-order valence-corrected chi connectivity index (χ4v) is 3.86. The zero-order valence-electron chi connectivity index (χ0n) is 16.7. The summed E-state index contributed by atoms with van der Waals surface area (Å²) < 4.78 is 17.4. The molecule has 1 aromatic rings. The molecule has 5 N–H and O–H groups in total. The molecule has 2 aliphatic rings. The zero-order chi connectivity index (χ0) is 20.8. The van der Waals surface area contributed by atoms with Crippen molar-refractivity contribution >= 4 is 0 Å². The van der Waals surface area contributed by atoms with Gasteiger partial charge in [0.05, 0.1) is 13.2 Å². The Balaban J connectivity index is 1.74. The predicted octanol–water partition coefficient (Wildman–Crippen LogP) is 0.218. The van der Waals surface area contributed by atoms with Gasteiger partial charge in [0.2, 0.25) is 0 Å². The van der Waals surface area contributed by atoms with Crippen LogP contribution in [0.4, 0.5) is 0 Å². The normalized spacial score (nSPS) is 35.4. The number of phenolic OH excluding ortho intramolecular Hbond substituents is 1. The molecule has 2 aliphatic heterocycles. The van der Waals surface area contributed by atoms with Crippen molar-refractivity contribution < 1.29 is 39.7 Å². The molecule has 1 fully saturated rings. The third kappa shape index (κ3) is 3.60. The molecule has 2 unspecified atom stereocenters. The van der Waals surface area contributed by atoms with E-state index in [1.807, 2.05) is 27.7 Å². The molecule has 2 heterocycles. The van der Waals surface area contributed by atoms with Crippen LogP contribution in [-0.4, -0.2) is 75.1 Å². The van der Waals surface area contributed by atoms with E-state index in [0.717, 1.165) is 28.0 Å². The first kappa shape index (κ1) is 21.3. The monoisotopic (exact) mass is 398 g/mol. The number of aromatic hydroxyl groups is 1. The molecule has 0 saturated carbocycles. The van der Waals surface area contributed by atoms with Crippen LogP contribution in [0.25, 0.3) is 0 Å². The molecule has 8 heteroatoms. The van der Waals surface area contributed by atoms with E-state index < -0.39 is 42.9 Å². The summed E-state index contributed by atoms with van der Waals surface area (Å²) in [5.74, 6) is 1.03. The summed E-state index contributed by atoms with van der Waals surface area (Å²) in [5, 5.41) is 49.5. The van der Waals surface area contributed by atoms with Gasteiger partial charge in [-0.05, 0) is 57.2 Å². The molecule has 0 amide bonds. The summed E-state index contributed by atoms with van der Waals surface area (Å²) in [6.07, 6.45) is -5.23. The SMILES string of the molecule is Cc1c(C)c2c(c(C)c1O)CCC(C)(COC1O[C@@H](CO)[C@H](O)[C@@H](O)[C@@H]1O)O2. The van der Waals surface area contributed by atoms with Crippen LogP contribution >= 0.6 is 0 Å². The highest BCUT2D eigenvalue weighted by Crippen LogP contribution is 2.43. The number of aliphatic hydroxyl groups is 4. The van der Waals surface area contributed by atoms with Crippen molar-refractivity contribution in [2.45, 2.75) is 76.8 Å². The van der Waals surface area contributed by atoms with Gasteiger partial charge in [0.15, 0.2) is 6.29 Å². The average Bonchev–Trinajstić information content (AvgIpc) is 2.68. The molecule has 28 heavy (non-hydrogen) atoms. The summed E-state index contributed by atoms with van der Waals surface area (Å²) >= 11 is 0. The van der Waals surface area contributed by atoms with Crippen LogP contribution in [0.2, 0.25) is 0 Å². The van der Waals surface area contributed by atoms with Gasteiger partial charge in [0.25, 0.3) is 0 Å². The average molecular weight is 398 g/mol. The second-order valence-corrected chi connectivity index (χ2v) is 8.09. The lowest BCUT2D eigenvalue weighted by Gasteiger charge is -2.42. The van der Waals surface area contributed by atoms with E-state index in [4.69, 9.17) is 14.2 Å². The lowest BCUT2D eigenvalue weighted by Crippen LogP contribution is -2.60. The standard InChI is InChI=1S/C20H30O8/c1-9-10(2)18-12(11(3)14(9)22)5-6-20(4,28-18)8-26-19-17(25)16(24)15(23)13(7-21)27-19/h13,15-17,19,21-25H,5-8H2,1-4H3/t13-,15-,16+,17-,19?,20?/m0/s1. The van der Waals surface area contributed by atoms with Crippen LogP contribution in [0, 0.1) is 20.8 Å². The lowest BCUT2D eigenvalue weighted by molar-refractivity contribution is -0.307. The van der Waals surface area contributed by atoms with Gasteiger partial charge in [0, 0.05) is 5.56 Å². The van der Waals surface area contributed by atoms with Gasteiger partial charge in [-0.3, -0.25) is 0 Å². The summed E-state index contributed by atoms with van der Waals surface area (Å²) in [5.41, 5.74) is 2.74. The number of rotatable bonds is 4. The van der Waals surface area contributed by atoms with Crippen molar-refractivity contribution in [3.63, 3.8) is 0 Å². The molecule has 0 aliphatic carbocycles. The van der Waals surface area contributed by atoms with Gasteiger partial charge in [-0.1, -0.05) is 0 Å². The van der Waals surface area contributed by atoms with Crippen LogP contribution in [-0.2, 0) is 15.9 Å². The van der Waals surface area contributed by atoms with Gasteiger partial charge in [-0.2, -0.15) is 0 Å². The fourth-order valence-electron chi connectivity index (χ4n) is 3.86. The van der Waals surface area contributed by atoms with E-state index >= 15 is 0 Å². The number of benzene rings is 1. The Kier molecular flexibility index (Phi) is 5.91. The molecule has 1 saturated heterocycles. The molecular formula is C20H30O8. The quantitative estimate of drug-likeness (QED) is 0.487. The van der Waals surface area contributed by atoms with E-state index in [-0.39, 0.29) is 6.61 Å². The van der Waals surface area contributed by atoms with Gasteiger partial charge in [0.1, 0.15) is 41.5 Å². The predicted molar refractivity (Wildman–Crippen MR) is 99.4 cm³/mol. The van der Waals surface area contributed by atoms with Crippen molar-refractivity contribution in [1.82, 2.24) is 0 Å². The van der Waals surface area contributed by atoms with Crippen LogP contribution < -0.4 is 4.74 Å². The number of hydrogen-bond donors (Lipinski definition) is 5. The summed E-state index contributed by atoms with van der Waals surface area (Å²) in [6.45, 7) is 7.07. The smallest absolute Gasteiger partial charge is 0.186 e. The minimum absolute atomic E-state index is 0.0769. The molecule has 0 radical (unpaired) electrons. The summed E-state index contributed by atoms with van der Waals surface area (Å²) in [6, 6.07) is 0. The fraction of sp³-hybridized carbons (Fsp3) is 0.700.